The molecule has 2 unspecified atom stereocenters. The van der Waals surface area contributed by atoms with E-state index in [-0.39, 0.29) is 12.1 Å². The standard InChI is InChI=1S/C15H19NOS/c17-14-7-3-2-6-13(14)16-10-12-9-11-5-1-4-8-15(11)18-12/h1,4-5,8-9,13-14,16-17H,2-3,6-7,10H2. The van der Waals surface area contributed by atoms with Crippen molar-refractivity contribution in [3.63, 3.8) is 0 Å². The van der Waals surface area contributed by atoms with Crippen molar-refractivity contribution < 1.29 is 5.11 Å². The van der Waals surface area contributed by atoms with E-state index >= 15 is 0 Å². The van der Waals surface area contributed by atoms with E-state index in [4.69, 9.17) is 0 Å². The van der Waals surface area contributed by atoms with Crippen LogP contribution in [0.1, 0.15) is 30.6 Å². The van der Waals surface area contributed by atoms with Gasteiger partial charge in [0.1, 0.15) is 0 Å². The van der Waals surface area contributed by atoms with Crippen LogP contribution in [0.25, 0.3) is 10.1 Å². The first kappa shape index (κ1) is 12.2. The van der Waals surface area contributed by atoms with Crippen LogP contribution in [0.4, 0.5) is 0 Å². The van der Waals surface area contributed by atoms with Gasteiger partial charge in [-0.2, -0.15) is 0 Å². The third-order valence-corrected chi connectivity index (χ3v) is 4.86. The monoisotopic (exact) mass is 261 g/mol. The second-order valence-corrected chi connectivity index (χ2v) is 6.26. The van der Waals surface area contributed by atoms with Crippen LogP contribution in [-0.2, 0) is 6.54 Å². The molecule has 2 aromatic rings. The summed E-state index contributed by atoms with van der Waals surface area (Å²) in [5, 5.41) is 14.8. The third-order valence-electron chi connectivity index (χ3n) is 3.74. The zero-order valence-electron chi connectivity index (χ0n) is 10.4. The first-order valence-corrected chi connectivity index (χ1v) is 7.53. The Bertz CT molecular complexity index is 489. The molecule has 0 saturated heterocycles. The quantitative estimate of drug-likeness (QED) is 0.888. The Kier molecular flexibility index (Phi) is 3.64. The molecule has 1 heterocycles. The average molecular weight is 261 g/mol. The van der Waals surface area contributed by atoms with Crippen LogP contribution in [0.2, 0.25) is 0 Å². The first-order valence-electron chi connectivity index (χ1n) is 6.72. The fourth-order valence-electron chi connectivity index (χ4n) is 2.71. The highest BCUT2D eigenvalue weighted by atomic mass is 32.1. The second-order valence-electron chi connectivity index (χ2n) is 5.09. The van der Waals surface area contributed by atoms with Gasteiger partial charge in [-0.1, -0.05) is 31.0 Å². The van der Waals surface area contributed by atoms with Gasteiger partial charge in [-0.25, -0.2) is 0 Å². The van der Waals surface area contributed by atoms with Gasteiger partial charge in [0.15, 0.2) is 0 Å². The van der Waals surface area contributed by atoms with E-state index in [0.29, 0.717) is 0 Å². The van der Waals surface area contributed by atoms with Crippen LogP contribution in [0.5, 0.6) is 0 Å². The highest BCUT2D eigenvalue weighted by Crippen LogP contribution is 2.26. The van der Waals surface area contributed by atoms with Crippen molar-refractivity contribution in [3.8, 4) is 0 Å². The van der Waals surface area contributed by atoms with Crippen LogP contribution in [0, 0.1) is 0 Å². The molecule has 0 radical (unpaired) electrons. The Balaban J connectivity index is 1.65. The summed E-state index contributed by atoms with van der Waals surface area (Å²) in [5.41, 5.74) is 0. The van der Waals surface area contributed by atoms with E-state index in [9.17, 15) is 5.11 Å². The lowest BCUT2D eigenvalue weighted by Crippen LogP contribution is -2.41. The third kappa shape index (κ3) is 2.58. The van der Waals surface area contributed by atoms with Crippen molar-refractivity contribution in [3.05, 3.63) is 35.2 Å². The minimum atomic E-state index is -0.159. The number of benzene rings is 1. The van der Waals surface area contributed by atoms with Gasteiger partial charge in [0.25, 0.3) is 0 Å². The summed E-state index contributed by atoms with van der Waals surface area (Å²) in [6.07, 6.45) is 4.30. The Morgan fingerprint density at radius 2 is 2.06 bits per heavy atom. The number of hydrogen-bond acceptors (Lipinski definition) is 3. The summed E-state index contributed by atoms with van der Waals surface area (Å²) in [6, 6.07) is 11.0. The predicted octanol–water partition coefficient (Wildman–Crippen LogP) is 3.29. The number of rotatable bonds is 3. The van der Waals surface area contributed by atoms with Gasteiger partial charge in [0, 0.05) is 22.2 Å². The van der Waals surface area contributed by atoms with E-state index < -0.39 is 0 Å². The molecule has 96 valence electrons. The molecule has 1 fully saturated rings. The molecule has 2 nitrogen and oxygen atoms in total. The Morgan fingerprint density at radius 1 is 1.22 bits per heavy atom. The lowest BCUT2D eigenvalue weighted by atomic mass is 9.92. The van der Waals surface area contributed by atoms with E-state index in [0.717, 1.165) is 19.4 Å². The maximum atomic E-state index is 9.93. The lowest BCUT2D eigenvalue weighted by Gasteiger charge is -2.28. The van der Waals surface area contributed by atoms with Crippen molar-refractivity contribution in [1.82, 2.24) is 5.32 Å². The Labute approximate surface area is 112 Å². The maximum absolute atomic E-state index is 9.93. The summed E-state index contributed by atoms with van der Waals surface area (Å²) in [4.78, 5) is 1.36. The van der Waals surface area contributed by atoms with E-state index in [1.165, 1.54) is 27.8 Å². The highest BCUT2D eigenvalue weighted by molar-refractivity contribution is 7.19. The van der Waals surface area contributed by atoms with E-state index in [1.54, 1.807) is 0 Å². The molecule has 2 N–H and O–H groups in total. The molecule has 3 rings (SSSR count). The zero-order valence-corrected chi connectivity index (χ0v) is 11.2. The molecule has 1 aromatic carbocycles. The number of aliphatic hydroxyl groups excluding tert-OH is 1. The van der Waals surface area contributed by atoms with Crippen molar-refractivity contribution in [2.45, 2.75) is 44.4 Å². The van der Waals surface area contributed by atoms with Gasteiger partial charge in [-0.3, -0.25) is 0 Å². The predicted molar refractivity (Wildman–Crippen MR) is 76.9 cm³/mol. The Hall–Kier alpha value is -0.900. The second kappa shape index (κ2) is 5.39. The van der Waals surface area contributed by atoms with Crippen molar-refractivity contribution in [1.29, 1.82) is 0 Å². The summed E-state index contributed by atoms with van der Waals surface area (Å²) in [5.74, 6) is 0. The molecule has 3 heteroatoms. The molecule has 0 amide bonds. The summed E-state index contributed by atoms with van der Waals surface area (Å²) < 4.78 is 1.35. The molecule has 18 heavy (non-hydrogen) atoms. The van der Waals surface area contributed by atoms with Gasteiger partial charge in [0.2, 0.25) is 0 Å². The minimum absolute atomic E-state index is 0.159. The normalized spacial score (nSPS) is 24.5. The highest BCUT2D eigenvalue weighted by Gasteiger charge is 2.22. The van der Waals surface area contributed by atoms with Gasteiger partial charge in [-0.15, -0.1) is 11.3 Å². The van der Waals surface area contributed by atoms with E-state index in [2.05, 4.69) is 35.6 Å². The SMILES string of the molecule is OC1CCCCC1NCc1cc2ccccc2s1. The number of aliphatic hydroxyl groups is 1. The van der Waals surface area contributed by atoms with Crippen molar-refractivity contribution in [2.24, 2.45) is 0 Å². The number of thiophene rings is 1. The minimum Gasteiger partial charge on any atom is -0.392 e. The molecular formula is C15H19NOS. The average Bonchev–Trinajstić information content (AvgIpc) is 2.80. The van der Waals surface area contributed by atoms with Crippen LogP contribution in [-0.4, -0.2) is 17.3 Å². The molecule has 1 aromatic heterocycles. The molecular weight excluding hydrogens is 242 g/mol. The molecule has 0 bridgehead atoms. The van der Waals surface area contributed by atoms with Crippen LogP contribution in [0.3, 0.4) is 0 Å². The molecule has 1 aliphatic rings. The van der Waals surface area contributed by atoms with Crippen molar-refractivity contribution in [2.75, 3.05) is 0 Å². The molecule has 0 aliphatic heterocycles. The largest absolute Gasteiger partial charge is 0.392 e. The van der Waals surface area contributed by atoms with Gasteiger partial charge in [0.05, 0.1) is 6.10 Å². The maximum Gasteiger partial charge on any atom is 0.0693 e. The number of hydrogen-bond donors (Lipinski definition) is 2. The van der Waals surface area contributed by atoms with E-state index in [1.807, 2.05) is 11.3 Å². The van der Waals surface area contributed by atoms with Crippen LogP contribution in [0.15, 0.2) is 30.3 Å². The fourth-order valence-corrected chi connectivity index (χ4v) is 3.72. The summed E-state index contributed by atoms with van der Waals surface area (Å²) >= 11 is 1.84. The smallest absolute Gasteiger partial charge is 0.0693 e. The summed E-state index contributed by atoms with van der Waals surface area (Å²) in [6.45, 7) is 0.876. The van der Waals surface area contributed by atoms with Gasteiger partial charge >= 0.3 is 0 Å². The fraction of sp³-hybridized carbons (Fsp3) is 0.467. The van der Waals surface area contributed by atoms with Gasteiger partial charge < -0.3 is 10.4 Å². The Morgan fingerprint density at radius 3 is 2.89 bits per heavy atom. The summed E-state index contributed by atoms with van der Waals surface area (Å²) in [7, 11) is 0. The number of nitrogens with one attached hydrogen (secondary N) is 1. The van der Waals surface area contributed by atoms with Crippen LogP contribution < -0.4 is 5.32 Å². The molecule has 1 aliphatic carbocycles. The topological polar surface area (TPSA) is 32.3 Å². The molecule has 0 spiro atoms. The lowest BCUT2D eigenvalue weighted by molar-refractivity contribution is 0.0904. The van der Waals surface area contributed by atoms with Crippen molar-refractivity contribution >= 4 is 21.4 Å². The molecule has 2 atom stereocenters. The number of fused-ring (bicyclic) bond motifs is 1. The molecule has 1 saturated carbocycles. The zero-order chi connectivity index (χ0) is 12.4. The van der Waals surface area contributed by atoms with Crippen LogP contribution >= 0.6 is 11.3 Å². The van der Waals surface area contributed by atoms with Gasteiger partial charge in [-0.05, 0) is 30.4 Å². The first-order chi connectivity index (χ1) is 8.83.